The summed E-state index contributed by atoms with van der Waals surface area (Å²) in [6.45, 7) is 0.0724. The molecule has 0 fully saturated rings. The average Bonchev–Trinajstić information content (AvgIpc) is 2.47. The van der Waals surface area contributed by atoms with Crippen molar-refractivity contribution in [2.24, 2.45) is 0 Å². The average molecular weight is 257 g/mol. The third-order valence-electron chi connectivity index (χ3n) is 2.55. The van der Waals surface area contributed by atoms with Gasteiger partial charge in [-0.2, -0.15) is 0 Å². The second kappa shape index (κ2) is 6.56. The number of amides is 1. The normalized spacial score (nSPS) is 9.95. The number of benzene rings is 2. The lowest BCUT2D eigenvalue weighted by Crippen LogP contribution is -2.29. The number of hydrogen-bond donors (Lipinski definition) is 2. The molecule has 19 heavy (non-hydrogen) atoms. The smallest absolute Gasteiger partial charge is 0.410 e. The molecule has 0 saturated carbocycles. The molecule has 0 unspecified atom stereocenters. The molecule has 1 amide bonds. The molecule has 2 rings (SSSR count). The zero-order chi connectivity index (χ0) is 13.5. The third kappa shape index (κ3) is 3.82. The Morgan fingerprint density at radius 3 is 2.26 bits per heavy atom. The van der Waals surface area contributed by atoms with Gasteiger partial charge >= 0.3 is 6.09 Å². The minimum Gasteiger partial charge on any atom is -0.410 e. The van der Waals surface area contributed by atoms with Gasteiger partial charge in [0.25, 0.3) is 0 Å². The Labute approximate surface area is 111 Å². The Balaban J connectivity index is 2.01. The van der Waals surface area contributed by atoms with Crippen LogP contribution in [0.5, 0.6) is 5.75 Å². The molecule has 0 radical (unpaired) electrons. The fourth-order valence-electron chi connectivity index (χ4n) is 1.65. The number of carbonyl (C=O) groups is 1. The highest BCUT2D eigenvalue weighted by molar-refractivity contribution is 5.71. The van der Waals surface area contributed by atoms with Gasteiger partial charge in [-0.05, 0) is 23.3 Å². The Hall–Kier alpha value is -2.33. The fraction of sp³-hybridized carbons (Fsp3) is 0.133. The number of ether oxygens (including phenoxy) is 1. The summed E-state index contributed by atoms with van der Waals surface area (Å²) in [4.78, 5) is 11.3. The van der Waals surface area contributed by atoms with E-state index >= 15 is 0 Å². The standard InChI is InChI=1S/C15H15NO3/c17-11-10-16-15(18)19-14-8-6-13(7-9-14)12-4-2-1-3-5-12/h1-9,17H,10-11H2,(H,16,18). The molecule has 0 aromatic heterocycles. The van der Waals surface area contributed by atoms with Crippen LogP contribution in [-0.4, -0.2) is 24.4 Å². The molecule has 4 nitrogen and oxygen atoms in total. The second-order valence-electron chi connectivity index (χ2n) is 3.93. The number of carbonyl (C=O) groups excluding carboxylic acids is 1. The lowest BCUT2D eigenvalue weighted by molar-refractivity contribution is 0.195. The van der Waals surface area contributed by atoms with Gasteiger partial charge in [0.2, 0.25) is 0 Å². The first-order valence-corrected chi connectivity index (χ1v) is 6.01. The van der Waals surface area contributed by atoms with E-state index in [1.165, 1.54) is 0 Å². The molecule has 0 aliphatic heterocycles. The summed E-state index contributed by atoms with van der Waals surface area (Å²) in [5, 5.41) is 11.0. The van der Waals surface area contributed by atoms with E-state index in [2.05, 4.69) is 5.32 Å². The highest BCUT2D eigenvalue weighted by Gasteiger charge is 2.03. The minimum atomic E-state index is -0.568. The molecule has 98 valence electrons. The zero-order valence-corrected chi connectivity index (χ0v) is 10.4. The number of nitrogens with one attached hydrogen (secondary N) is 1. The van der Waals surface area contributed by atoms with Gasteiger partial charge in [-0.1, -0.05) is 42.5 Å². The minimum absolute atomic E-state index is 0.109. The molecule has 2 aromatic rings. The molecule has 2 N–H and O–H groups in total. The number of aliphatic hydroxyl groups excluding tert-OH is 1. The Morgan fingerprint density at radius 1 is 1.00 bits per heavy atom. The van der Waals surface area contributed by atoms with Crippen molar-refractivity contribution in [2.45, 2.75) is 0 Å². The summed E-state index contributed by atoms with van der Waals surface area (Å²) >= 11 is 0. The van der Waals surface area contributed by atoms with Gasteiger partial charge in [-0.25, -0.2) is 4.79 Å². The Bertz CT molecular complexity index is 523. The largest absolute Gasteiger partial charge is 0.412 e. The van der Waals surface area contributed by atoms with Crippen LogP contribution in [-0.2, 0) is 0 Å². The van der Waals surface area contributed by atoms with E-state index in [1.54, 1.807) is 12.1 Å². The van der Waals surface area contributed by atoms with Crippen LogP contribution in [0.4, 0.5) is 4.79 Å². The van der Waals surface area contributed by atoms with Crippen molar-refractivity contribution in [1.82, 2.24) is 5.32 Å². The number of hydrogen-bond acceptors (Lipinski definition) is 3. The van der Waals surface area contributed by atoms with Crippen molar-refractivity contribution in [3.63, 3.8) is 0 Å². The van der Waals surface area contributed by atoms with E-state index in [0.29, 0.717) is 5.75 Å². The van der Waals surface area contributed by atoms with Gasteiger partial charge in [0.1, 0.15) is 5.75 Å². The van der Waals surface area contributed by atoms with Crippen molar-refractivity contribution < 1.29 is 14.6 Å². The predicted octanol–water partition coefficient (Wildman–Crippen LogP) is 2.43. The van der Waals surface area contributed by atoms with Crippen molar-refractivity contribution in [3.8, 4) is 16.9 Å². The lowest BCUT2D eigenvalue weighted by Gasteiger charge is -2.06. The van der Waals surface area contributed by atoms with E-state index in [1.807, 2.05) is 42.5 Å². The van der Waals surface area contributed by atoms with Gasteiger partial charge in [0.15, 0.2) is 0 Å². The quantitative estimate of drug-likeness (QED) is 0.884. The summed E-state index contributed by atoms with van der Waals surface area (Å²) < 4.78 is 5.05. The molecular weight excluding hydrogens is 242 g/mol. The zero-order valence-electron chi connectivity index (χ0n) is 10.4. The predicted molar refractivity (Wildman–Crippen MR) is 73.0 cm³/mol. The van der Waals surface area contributed by atoms with Crippen molar-refractivity contribution in [2.75, 3.05) is 13.2 Å². The lowest BCUT2D eigenvalue weighted by atomic mass is 10.1. The number of aliphatic hydroxyl groups is 1. The van der Waals surface area contributed by atoms with Crippen LogP contribution in [0.15, 0.2) is 54.6 Å². The second-order valence-corrected chi connectivity index (χ2v) is 3.93. The third-order valence-corrected chi connectivity index (χ3v) is 2.55. The summed E-state index contributed by atoms with van der Waals surface area (Å²) in [5.41, 5.74) is 2.17. The van der Waals surface area contributed by atoms with Gasteiger partial charge < -0.3 is 15.2 Å². The summed E-state index contributed by atoms with van der Waals surface area (Å²) in [6, 6.07) is 17.2. The first kappa shape index (κ1) is 13.1. The molecule has 0 aliphatic rings. The first-order chi connectivity index (χ1) is 9.29. The molecule has 0 atom stereocenters. The van der Waals surface area contributed by atoms with Crippen molar-refractivity contribution in [1.29, 1.82) is 0 Å². The molecule has 0 aliphatic carbocycles. The molecule has 0 spiro atoms. The van der Waals surface area contributed by atoms with E-state index in [0.717, 1.165) is 11.1 Å². The molecular formula is C15H15NO3. The van der Waals surface area contributed by atoms with E-state index in [4.69, 9.17) is 9.84 Å². The maximum atomic E-state index is 11.3. The van der Waals surface area contributed by atoms with Crippen LogP contribution in [0.25, 0.3) is 11.1 Å². The van der Waals surface area contributed by atoms with Crippen LogP contribution >= 0.6 is 0 Å². The monoisotopic (exact) mass is 257 g/mol. The first-order valence-electron chi connectivity index (χ1n) is 6.01. The molecule has 0 saturated heterocycles. The SMILES string of the molecule is O=C(NCCO)Oc1ccc(-c2ccccc2)cc1. The highest BCUT2D eigenvalue weighted by Crippen LogP contribution is 2.21. The summed E-state index contributed by atoms with van der Waals surface area (Å²) in [6.07, 6.45) is -0.568. The van der Waals surface area contributed by atoms with Crippen LogP contribution < -0.4 is 10.1 Å². The van der Waals surface area contributed by atoms with Crippen LogP contribution in [0.3, 0.4) is 0 Å². The van der Waals surface area contributed by atoms with E-state index in [-0.39, 0.29) is 13.2 Å². The number of rotatable bonds is 4. The van der Waals surface area contributed by atoms with E-state index < -0.39 is 6.09 Å². The summed E-state index contributed by atoms with van der Waals surface area (Å²) in [5.74, 6) is 0.468. The molecule has 4 heteroatoms. The Morgan fingerprint density at radius 2 is 1.63 bits per heavy atom. The molecule has 0 bridgehead atoms. The Kier molecular flexibility index (Phi) is 4.53. The van der Waals surface area contributed by atoms with Gasteiger partial charge in [0.05, 0.1) is 6.61 Å². The fourth-order valence-corrected chi connectivity index (χ4v) is 1.65. The van der Waals surface area contributed by atoms with Crippen LogP contribution in [0.1, 0.15) is 0 Å². The molecule has 2 aromatic carbocycles. The maximum Gasteiger partial charge on any atom is 0.412 e. The van der Waals surface area contributed by atoms with E-state index in [9.17, 15) is 4.79 Å². The van der Waals surface area contributed by atoms with Crippen LogP contribution in [0.2, 0.25) is 0 Å². The summed E-state index contributed by atoms with van der Waals surface area (Å²) in [7, 11) is 0. The topological polar surface area (TPSA) is 58.6 Å². The van der Waals surface area contributed by atoms with Crippen molar-refractivity contribution >= 4 is 6.09 Å². The maximum absolute atomic E-state index is 11.3. The highest BCUT2D eigenvalue weighted by atomic mass is 16.6. The van der Waals surface area contributed by atoms with Crippen LogP contribution in [0, 0.1) is 0 Å². The molecule has 0 heterocycles. The van der Waals surface area contributed by atoms with Gasteiger partial charge in [-0.15, -0.1) is 0 Å². The van der Waals surface area contributed by atoms with Crippen molar-refractivity contribution in [3.05, 3.63) is 54.6 Å². The van der Waals surface area contributed by atoms with Gasteiger partial charge in [-0.3, -0.25) is 0 Å². The van der Waals surface area contributed by atoms with Gasteiger partial charge in [0, 0.05) is 6.54 Å².